The van der Waals surface area contributed by atoms with Crippen molar-refractivity contribution in [3.63, 3.8) is 0 Å². The number of carbonyl (C=O) groups is 3. The van der Waals surface area contributed by atoms with Gasteiger partial charge in [0.15, 0.2) is 0 Å². The molecular formula is C22H31N5O3. The molecule has 4 amide bonds. The molecule has 1 aliphatic carbocycles. The molecule has 1 aromatic rings. The second-order valence-electron chi connectivity index (χ2n) is 8.66. The van der Waals surface area contributed by atoms with E-state index in [9.17, 15) is 14.4 Å². The highest BCUT2D eigenvalue weighted by molar-refractivity contribution is 6.07. The molecule has 3 N–H and O–H groups in total. The summed E-state index contributed by atoms with van der Waals surface area (Å²) in [7, 11) is 0. The number of carbonyl (C=O) groups excluding carboxylic acids is 3. The molecule has 1 spiro atoms. The lowest BCUT2D eigenvalue weighted by atomic mass is 9.76. The van der Waals surface area contributed by atoms with Gasteiger partial charge in [-0.3, -0.25) is 19.8 Å². The fourth-order valence-electron chi connectivity index (χ4n) is 4.71. The minimum Gasteiger partial charge on any atom is -0.326 e. The number of likely N-dealkylation sites (N-methyl/N-ethyl adjacent to an activating group) is 1. The van der Waals surface area contributed by atoms with Gasteiger partial charge in [0.2, 0.25) is 5.91 Å². The molecule has 0 radical (unpaired) electrons. The number of urea groups is 1. The maximum absolute atomic E-state index is 12.7. The van der Waals surface area contributed by atoms with Gasteiger partial charge in [0.25, 0.3) is 5.91 Å². The lowest BCUT2D eigenvalue weighted by molar-refractivity contribution is -0.128. The zero-order chi connectivity index (χ0) is 21.1. The molecule has 2 saturated heterocycles. The normalized spacial score (nSPS) is 27.7. The summed E-state index contributed by atoms with van der Waals surface area (Å²) in [6.45, 7) is 8.69. The standard InChI is InChI=1S/C22H31N5O3/c1-2-26-11-13-27(14-12-26)15-16-3-5-18(6-4-16)23-19(28)17-7-9-22(10-8-17)20(29)24-21(30)25-22/h3-6,17H,2,7-15H2,1H3,(H,23,28)(H2,24,25,29,30). The molecule has 8 nitrogen and oxygen atoms in total. The van der Waals surface area contributed by atoms with Gasteiger partial charge in [0.05, 0.1) is 0 Å². The van der Waals surface area contributed by atoms with Crippen molar-refractivity contribution in [3.05, 3.63) is 29.8 Å². The smallest absolute Gasteiger partial charge is 0.322 e. The molecule has 0 atom stereocenters. The minimum atomic E-state index is -0.821. The van der Waals surface area contributed by atoms with Crippen LogP contribution < -0.4 is 16.0 Å². The number of imide groups is 1. The third kappa shape index (κ3) is 4.49. The molecule has 3 fully saturated rings. The SMILES string of the molecule is CCN1CCN(Cc2ccc(NC(=O)C3CCC4(CC3)NC(=O)NC4=O)cc2)CC1. The Morgan fingerprint density at radius 2 is 1.70 bits per heavy atom. The van der Waals surface area contributed by atoms with Gasteiger partial charge in [-0.25, -0.2) is 4.79 Å². The average Bonchev–Trinajstić information content (AvgIpc) is 3.03. The van der Waals surface area contributed by atoms with Gasteiger partial charge in [-0.2, -0.15) is 0 Å². The summed E-state index contributed by atoms with van der Waals surface area (Å²) >= 11 is 0. The van der Waals surface area contributed by atoms with E-state index in [0.717, 1.165) is 45.0 Å². The molecule has 3 aliphatic rings. The van der Waals surface area contributed by atoms with Gasteiger partial charge in [0, 0.05) is 44.3 Å². The van der Waals surface area contributed by atoms with E-state index in [0.29, 0.717) is 25.7 Å². The lowest BCUT2D eigenvalue weighted by Gasteiger charge is -2.34. The van der Waals surface area contributed by atoms with E-state index in [-0.39, 0.29) is 17.7 Å². The molecule has 0 bridgehead atoms. The highest BCUT2D eigenvalue weighted by Crippen LogP contribution is 2.34. The topological polar surface area (TPSA) is 93.8 Å². The fraction of sp³-hybridized carbons (Fsp3) is 0.591. The Bertz CT molecular complexity index is 793. The average molecular weight is 414 g/mol. The molecule has 0 aromatic heterocycles. The third-order valence-electron chi connectivity index (χ3n) is 6.76. The van der Waals surface area contributed by atoms with Crippen LogP contribution in [0, 0.1) is 5.92 Å². The Labute approximate surface area is 177 Å². The summed E-state index contributed by atoms with van der Waals surface area (Å²) in [6, 6.07) is 7.65. The van der Waals surface area contributed by atoms with E-state index in [1.54, 1.807) is 0 Å². The fourth-order valence-corrected chi connectivity index (χ4v) is 4.71. The van der Waals surface area contributed by atoms with Crippen LogP contribution in [0.5, 0.6) is 0 Å². The van der Waals surface area contributed by atoms with E-state index >= 15 is 0 Å². The predicted molar refractivity (Wildman–Crippen MR) is 114 cm³/mol. The van der Waals surface area contributed by atoms with Crippen molar-refractivity contribution in [2.24, 2.45) is 5.92 Å². The van der Waals surface area contributed by atoms with Gasteiger partial charge in [-0.1, -0.05) is 19.1 Å². The van der Waals surface area contributed by atoms with E-state index in [2.05, 4.69) is 44.8 Å². The van der Waals surface area contributed by atoms with Crippen LogP contribution in [0.2, 0.25) is 0 Å². The van der Waals surface area contributed by atoms with Crippen molar-refractivity contribution in [2.75, 3.05) is 38.0 Å². The number of rotatable bonds is 5. The summed E-state index contributed by atoms with van der Waals surface area (Å²) in [6.07, 6.45) is 2.16. The number of anilines is 1. The highest BCUT2D eigenvalue weighted by Gasteiger charge is 2.48. The molecule has 0 unspecified atom stereocenters. The van der Waals surface area contributed by atoms with Crippen molar-refractivity contribution < 1.29 is 14.4 Å². The first kappa shape index (κ1) is 20.8. The first-order chi connectivity index (χ1) is 14.5. The van der Waals surface area contributed by atoms with Crippen molar-refractivity contribution in [2.45, 2.75) is 44.7 Å². The summed E-state index contributed by atoms with van der Waals surface area (Å²) in [5.41, 5.74) is 1.23. The molecule has 30 heavy (non-hydrogen) atoms. The van der Waals surface area contributed by atoms with Crippen LogP contribution in [0.4, 0.5) is 10.5 Å². The number of benzene rings is 1. The highest BCUT2D eigenvalue weighted by atomic mass is 16.2. The second kappa shape index (κ2) is 8.73. The quantitative estimate of drug-likeness (QED) is 0.637. The van der Waals surface area contributed by atoms with Gasteiger partial charge in [-0.15, -0.1) is 0 Å². The summed E-state index contributed by atoms with van der Waals surface area (Å²) in [5.74, 6) is -0.425. The first-order valence-electron chi connectivity index (χ1n) is 11.0. The Balaban J connectivity index is 1.25. The van der Waals surface area contributed by atoms with E-state index in [4.69, 9.17) is 0 Å². The number of amides is 4. The van der Waals surface area contributed by atoms with E-state index < -0.39 is 11.6 Å². The molecule has 1 saturated carbocycles. The van der Waals surface area contributed by atoms with Gasteiger partial charge < -0.3 is 15.5 Å². The van der Waals surface area contributed by atoms with Crippen LogP contribution in [-0.2, 0) is 16.1 Å². The van der Waals surface area contributed by atoms with E-state index in [1.807, 2.05) is 12.1 Å². The van der Waals surface area contributed by atoms with Gasteiger partial charge in [-0.05, 0) is 49.9 Å². The maximum Gasteiger partial charge on any atom is 0.322 e. The molecule has 162 valence electrons. The van der Waals surface area contributed by atoms with Crippen LogP contribution >= 0.6 is 0 Å². The van der Waals surface area contributed by atoms with Crippen LogP contribution in [-0.4, -0.2) is 65.9 Å². The lowest BCUT2D eigenvalue weighted by Crippen LogP contribution is -2.50. The molecule has 1 aromatic carbocycles. The number of piperazine rings is 1. The molecule has 4 rings (SSSR count). The predicted octanol–water partition coefficient (Wildman–Crippen LogP) is 1.53. The summed E-state index contributed by atoms with van der Waals surface area (Å²) < 4.78 is 0. The number of nitrogens with one attached hydrogen (secondary N) is 3. The Morgan fingerprint density at radius 1 is 1.07 bits per heavy atom. The van der Waals surface area contributed by atoms with Crippen LogP contribution in [0.25, 0.3) is 0 Å². The molecule has 2 aliphatic heterocycles. The summed E-state index contributed by atoms with van der Waals surface area (Å²) in [4.78, 5) is 41.1. The second-order valence-corrected chi connectivity index (χ2v) is 8.66. The van der Waals surface area contributed by atoms with Crippen molar-refractivity contribution >= 4 is 23.5 Å². The minimum absolute atomic E-state index is 0.0157. The molecule has 2 heterocycles. The van der Waals surface area contributed by atoms with Crippen LogP contribution in [0.1, 0.15) is 38.2 Å². The monoisotopic (exact) mass is 413 g/mol. The summed E-state index contributed by atoms with van der Waals surface area (Å²) in [5, 5.41) is 8.05. The van der Waals surface area contributed by atoms with Crippen LogP contribution in [0.3, 0.4) is 0 Å². The third-order valence-corrected chi connectivity index (χ3v) is 6.76. The number of hydrogen-bond donors (Lipinski definition) is 3. The molecular weight excluding hydrogens is 382 g/mol. The zero-order valence-corrected chi connectivity index (χ0v) is 17.6. The van der Waals surface area contributed by atoms with E-state index in [1.165, 1.54) is 5.56 Å². The number of hydrogen-bond acceptors (Lipinski definition) is 5. The van der Waals surface area contributed by atoms with Crippen molar-refractivity contribution in [1.82, 2.24) is 20.4 Å². The van der Waals surface area contributed by atoms with Gasteiger partial charge in [0.1, 0.15) is 5.54 Å². The maximum atomic E-state index is 12.7. The Morgan fingerprint density at radius 3 is 2.27 bits per heavy atom. The zero-order valence-electron chi connectivity index (χ0n) is 17.6. The Hall–Kier alpha value is -2.45. The van der Waals surface area contributed by atoms with Gasteiger partial charge >= 0.3 is 6.03 Å². The largest absolute Gasteiger partial charge is 0.326 e. The Kier molecular flexibility index (Phi) is 6.06. The number of nitrogens with zero attached hydrogens (tertiary/aromatic N) is 2. The van der Waals surface area contributed by atoms with Crippen LogP contribution in [0.15, 0.2) is 24.3 Å². The van der Waals surface area contributed by atoms with Crippen molar-refractivity contribution in [1.29, 1.82) is 0 Å². The van der Waals surface area contributed by atoms with Crippen molar-refractivity contribution in [3.8, 4) is 0 Å². The molecule has 8 heteroatoms. The first-order valence-corrected chi connectivity index (χ1v) is 11.0.